The zero-order valence-corrected chi connectivity index (χ0v) is 22.3. The van der Waals surface area contributed by atoms with Crippen molar-refractivity contribution in [1.29, 1.82) is 0 Å². The van der Waals surface area contributed by atoms with Crippen LogP contribution in [0.4, 0.5) is 0 Å². The standard InChI is InChI=1S/C26H36N6O8/c1-13(2)22(25(38)31-19(26(39)40)11-14-12-29-17-6-4-3-5-15(14)17)32-24(37)18(8-10-21(34)35)30-23(36)16(27)7-9-20(28)33/h3-6,12-13,16,18-19,22,29H,7-11,27H2,1-2H3,(H2,28,33)(H,30,36)(H,31,38)(H,32,37)(H,34,35)(H,39,40). The second-order valence-electron chi connectivity index (χ2n) is 9.80. The van der Waals surface area contributed by atoms with Gasteiger partial charge in [0, 0.05) is 36.4 Å². The first-order valence-electron chi connectivity index (χ1n) is 12.7. The molecule has 4 atom stereocenters. The van der Waals surface area contributed by atoms with Gasteiger partial charge in [-0.3, -0.25) is 24.0 Å². The molecule has 1 aromatic heterocycles. The quantitative estimate of drug-likeness (QED) is 0.130. The van der Waals surface area contributed by atoms with E-state index in [1.54, 1.807) is 20.0 Å². The number of aromatic nitrogens is 1. The van der Waals surface area contributed by atoms with Gasteiger partial charge in [-0.2, -0.15) is 0 Å². The number of nitrogens with one attached hydrogen (secondary N) is 4. The minimum Gasteiger partial charge on any atom is -0.481 e. The molecule has 218 valence electrons. The summed E-state index contributed by atoms with van der Waals surface area (Å²) in [5, 5.41) is 27.0. The Morgan fingerprint density at radius 1 is 0.875 bits per heavy atom. The molecule has 4 amide bonds. The molecule has 0 saturated carbocycles. The van der Waals surface area contributed by atoms with E-state index in [0.717, 1.165) is 10.9 Å². The van der Waals surface area contributed by atoms with Gasteiger partial charge < -0.3 is 42.6 Å². The smallest absolute Gasteiger partial charge is 0.326 e. The van der Waals surface area contributed by atoms with Crippen LogP contribution in [-0.4, -0.2) is 74.9 Å². The molecule has 4 unspecified atom stereocenters. The van der Waals surface area contributed by atoms with Crippen LogP contribution in [0.2, 0.25) is 0 Å². The van der Waals surface area contributed by atoms with Gasteiger partial charge >= 0.3 is 11.9 Å². The number of primary amides is 1. The number of para-hydroxylation sites is 1. The molecule has 2 aromatic rings. The Bertz CT molecular complexity index is 1240. The minimum absolute atomic E-state index is 0.0235. The Morgan fingerprint density at radius 3 is 2.12 bits per heavy atom. The van der Waals surface area contributed by atoms with E-state index >= 15 is 0 Å². The maximum Gasteiger partial charge on any atom is 0.326 e. The maximum atomic E-state index is 13.2. The van der Waals surface area contributed by atoms with Crippen LogP contribution in [0.15, 0.2) is 30.5 Å². The highest BCUT2D eigenvalue weighted by molar-refractivity contribution is 5.94. The number of hydrogen-bond acceptors (Lipinski definition) is 7. The van der Waals surface area contributed by atoms with E-state index in [4.69, 9.17) is 16.6 Å². The number of H-pyrrole nitrogens is 1. The second kappa shape index (κ2) is 14.6. The molecule has 0 aliphatic heterocycles. The third-order valence-electron chi connectivity index (χ3n) is 6.28. The average molecular weight is 561 g/mol. The normalized spacial score (nSPS) is 14.1. The third-order valence-corrected chi connectivity index (χ3v) is 6.28. The van der Waals surface area contributed by atoms with Crippen molar-refractivity contribution in [2.45, 2.75) is 70.1 Å². The number of aliphatic carboxylic acids is 2. The van der Waals surface area contributed by atoms with E-state index in [0.29, 0.717) is 5.56 Å². The average Bonchev–Trinajstić information content (AvgIpc) is 3.29. The monoisotopic (exact) mass is 560 g/mol. The van der Waals surface area contributed by atoms with Gasteiger partial charge in [0.1, 0.15) is 18.1 Å². The van der Waals surface area contributed by atoms with Crippen molar-refractivity contribution in [3.05, 3.63) is 36.0 Å². The lowest BCUT2D eigenvalue weighted by Crippen LogP contribution is -2.58. The number of benzene rings is 1. The van der Waals surface area contributed by atoms with E-state index < -0.39 is 72.1 Å². The minimum atomic E-state index is -1.36. The summed E-state index contributed by atoms with van der Waals surface area (Å²) in [5.74, 6) is -6.08. The lowest BCUT2D eigenvalue weighted by atomic mass is 10.00. The topological polar surface area (TPSA) is 247 Å². The Morgan fingerprint density at radius 2 is 1.52 bits per heavy atom. The number of rotatable bonds is 16. The number of carbonyl (C=O) groups excluding carboxylic acids is 4. The number of nitrogens with two attached hydrogens (primary N) is 2. The van der Waals surface area contributed by atoms with Gasteiger partial charge in [-0.25, -0.2) is 4.79 Å². The fraction of sp³-hybridized carbons (Fsp3) is 0.462. The Hall–Kier alpha value is -4.46. The predicted molar refractivity (Wildman–Crippen MR) is 144 cm³/mol. The highest BCUT2D eigenvalue weighted by atomic mass is 16.4. The molecule has 0 spiro atoms. The lowest BCUT2D eigenvalue weighted by Gasteiger charge is -2.27. The van der Waals surface area contributed by atoms with Crippen molar-refractivity contribution in [3.8, 4) is 0 Å². The van der Waals surface area contributed by atoms with Gasteiger partial charge in [-0.05, 0) is 30.4 Å². The number of carbonyl (C=O) groups is 6. The van der Waals surface area contributed by atoms with Crippen molar-refractivity contribution in [2.75, 3.05) is 0 Å². The second-order valence-corrected chi connectivity index (χ2v) is 9.80. The van der Waals surface area contributed by atoms with Gasteiger partial charge in [0.25, 0.3) is 0 Å². The number of hydrogen-bond donors (Lipinski definition) is 8. The summed E-state index contributed by atoms with van der Waals surface area (Å²) in [6.07, 6.45) is 0.611. The van der Waals surface area contributed by atoms with Gasteiger partial charge in [0.05, 0.1) is 6.04 Å². The predicted octanol–water partition coefficient (Wildman–Crippen LogP) is -0.637. The Balaban J connectivity index is 2.15. The summed E-state index contributed by atoms with van der Waals surface area (Å²) in [5.41, 5.74) is 12.3. The molecule has 0 aliphatic carbocycles. The van der Waals surface area contributed by atoms with Crippen molar-refractivity contribution in [3.63, 3.8) is 0 Å². The van der Waals surface area contributed by atoms with Crippen LogP contribution in [0.25, 0.3) is 10.9 Å². The van der Waals surface area contributed by atoms with Crippen LogP contribution >= 0.6 is 0 Å². The summed E-state index contributed by atoms with van der Waals surface area (Å²) in [4.78, 5) is 75.9. The van der Waals surface area contributed by atoms with E-state index in [2.05, 4.69) is 20.9 Å². The molecule has 1 heterocycles. The van der Waals surface area contributed by atoms with E-state index in [1.165, 1.54) is 0 Å². The van der Waals surface area contributed by atoms with Crippen molar-refractivity contribution >= 4 is 46.5 Å². The SMILES string of the molecule is CC(C)C(NC(=O)C(CCC(=O)O)NC(=O)C(N)CCC(N)=O)C(=O)NC(Cc1c[nH]c2ccccc12)C(=O)O. The Kier molecular flexibility index (Phi) is 11.6. The third kappa shape index (κ3) is 9.38. The first-order chi connectivity index (χ1) is 18.8. The van der Waals surface area contributed by atoms with Gasteiger partial charge in [0.2, 0.25) is 23.6 Å². The molecular weight excluding hydrogens is 524 g/mol. The molecule has 2 rings (SSSR count). The summed E-state index contributed by atoms with van der Waals surface area (Å²) < 4.78 is 0. The van der Waals surface area contributed by atoms with Crippen LogP contribution in [-0.2, 0) is 35.2 Å². The van der Waals surface area contributed by atoms with Crippen molar-refractivity contribution < 1.29 is 39.0 Å². The van der Waals surface area contributed by atoms with E-state index in [1.807, 2.05) is 24.3 Å². The van der Waals surface area contributed by atoms with Gasteiger partial charge in [-0.1, -0.05) is 32.0 Å². The molecule has 14 nitrogen and oxygen atoms in total. The number of carboxylic acids is 2. The molecule has 0 radical (unpaired) electrons. The molecule has 40 heavy (non-hydrogen) atoms. The van der Waals surface area contributed by atoms with Crippen LogP contribution in [0.5, 0.6) is 0 Å². The van der Waals surface area contributed by atoms with Crippen molar-refractivity contribution in [2.24, 2.45) is 17.4 Å². The molecule has 14 heteroatoms. The van der Waals surface area contributed by atoms with Crippen LogP contribution in [0, 0.1) is 5.92 Å². The van der Waals surface area contributed by atoms with Gasteiger partial charge in [-0.15, -0.1) is 0 Å². The van der Waals surface area contributed by atoms with Crippen molar-refractivity contribution in [1.82, 2.24) is 20.9 Å². The fourth-order valence-corrected chi connectivity index (χ4v) is 4.02. The molecule has 0 saturated heterocycles. The number of aromatic amines is 1. The number of fused-ring (bicyclic) bond motifs is 1. The van der Waals surface area contributed by atoms with Crippen LogP contribution < -0.4 is 27.4 Å². The van der Waals surface area contributed by atoms with E-state index in [9.17, 15) is 33.9 Å². The zero-order chi connectivity index (χ0) is 30.0. The van der Waals surface area contributed by atoms with Crippen LogP contribution in [0.1, 0.15) is 45.1 Å². The molecule has 10 N–H and O–H groups in total. The lowest BCUT2D eigenvalue weighted by molar-refractivity contribution is -0.142. The molecule has 0 aliphatic rings. The molecule has 0 bridgehead atoms. The first-order valence-corrected chi connectivity index (χ1v) is 12.7. The number of carboxylic acid groups (broad SMARTS) is 2. The zero-order valence-electron chi connectivity index (χ0n) is 22.3. The number of amides is 4. The largest absolute Gasteiger partial charge is 0.481 e. The molecular formula is C26H36N6O8. The summed E-state index contributed by atoms with van der Waals surface area (Å²) in [6.45, 7) is 3.26. The molecule has 1 aromatic carbocycles. The van der Waals surface area contributed by atoms with Crippen LogP contribution in [0.3, 0.4) is 0 Å². The Labute approximate surface area is 230 Å². The highest BCUT2D eigenvalue weighted by Gasteiger charge is 2.32. The summed E-state index contributed by atoms with van der Waals surface area (Å²) in [6, 6.07) is 2.24. The van der Waals surface area contributed by atoms with E-state index in [-0.39, 0.29) is 25.7 Å². The molecule has 0 fully saturated rings. The first kappa shape index (κ1) is 31.8. The summed E-state index contributed by atoms with van der Waals surface area (Å²) >= 11 is 0. The van der Waals surface area contributed by atoms with Gasteiger partial charge in [0.15, 0.2) is 0 Å². The summed E-state index contributed by atoms with van der Waals surface area (Å²) in [7, 11) is 0. The maximum absolute atomic E-state index is 13.2. The fourth-order valence-electron chi connectivity index (χ4n) is 4.02. The highest BCUT2D eigenvalue weighted by Crippen LogP contribution is 2.19.